The Hall–Kier alpha value is -3.40. The highest BCUT2D eigenvalue weighted by molar-refractivity contribution is 5.83. The summed E-state index contributed by atoms with van der Waals surface area (Å²) in [6.07, 6.45) is 10.1. The summed E-state index contributed by atoms with van der Waals surface area (Å²) in [7, 11) is 0. The molecule has 4 heteroatoms. The number of rotatable bonds is 6. The van der Waals surface area contributed by atoms with Gasteiger partial charge in [0, 0.05) is 35.9 Å². The molecule has 2 aromatic carbocycles. The molecule has 1 N–H and O–H groups in total. The first kappa shape index (κ1) is 16.1. The zero-order valence-electron chi connectivity index (χ0n) is 14.3. The summed E-state index contributed by atoms with van der Waals surface area (Å²) in [6.45, 7) is 0.548. The molecule has 128 valence electrons. The number of hydrogen-bond donors (Lipinski definition) is 1. The molecule has 0 unspecified atom stereocenters. The highest BCUT2D eigenvalue weighted by Gasteiger charge is 2.06. The van der Waals surface area contributed by atoms with E-state index in [-0.39, 0.29) is 0 Å². The van der Waals surface area contributed by atoms with Crippen LogP contribution in [0.15, 0.2) is 73.2 Å². The second-order valence-electron chi connectivity index (χ2n) is 5.95. The molecule has 0 spiro atoms. The number of hydrogen-bond acceptors (Lipinski definition) is 3. The van der Waals surface area contributed by atoms with Crippen LogP contribution in [-0.2, 0) is 6.42 Å². The fraction of sp³-hybridized carbons (Fsp3) is 0.0909. The second kappa shape index (κ2) is 7.66. The third-order valence-corrected chi connectivity index (χ3v) is 4.21. The number of fused-ring (bicyclic) bond motifs is 1. The normalized spacial score (nSPS) is 11.2. The molecular formula is C22H19N3O. The molecule has 0 aliphatic heterocycles. The Morgan fingerprint density at radius 2 is 1.69 bits per heavy atom. The van der Waals surface area contributed by atoms with Crippen LogP contribution in [0.5, 0.6) is 5.88 Å². The molecule has 0 saturated heterocycles. The average molecular weight is 341 g/mol. The highest BCUT2D eigenvalue weighted by Crippen LogP contribution is 2.19. The summed E-state index contributed by atoms with van der Waals surface area (Å²) in [4.78, 5) is 12.0. The van der Waals surface area contributed by atoms with Gasteiger partial charge in [0.1, 0.15) is 5.69 Å². The maximum atomic E-state index is 5.91. The SMILES string of the molecule is C(=C\c1nccnc1OCCc1c[nH]c2ccccc12)/c1ccccc1. The average Bonchev–Trinajstić information content (AvgIpc) is 3.11. The van der Waals surface area contributed by atoms with Crippen molar-refractivity contribution in [2.45, 2.75) is 6.42 Å². The third-order valence-electron chi connectivity index (χ3n) is 4.21. The molecule has 4 nitrogen and oxygen atoms in total. The lowest BCUT2D eigenvalue weighted by molar-refractivity contribution is 0.307. The second-order valence-corrected chi connectivity index (χ2v) is 5.95. The van der Waals surface area contributed by atoms with Gasteiger partial charge in [-0.25, -0.2) is 9.97 Å². The summed E-state index contributed by atoms with van der Waals surface area (Å²) in [5.41, 5.74) is 4.23. The molecule has 2 aromatic heterocycles. The summed E-state index contributed by atoms with van der Waals surface area (Å²) in [6, 6.07) is 18.4. The highest BCUT2D eigenvalue weighted by atomic mass is 16.5. The van der Waals surface area contributed by atoms with E-state index in [1.807, 2.05) is 54.7 Å². The molecule has 0 bridgehead atoms. The maximum absolute atomic E-state index is 5.91. The number of aromatic amines is 1. The van der Waals surface area contributed by atoms with Gasteiger partial charge in [-0.3, -0.25) is 0 Å². The van der Waals surface area contributed by atoms with E-state index in [1.54, 1.807) is 12.4 Å². The minimum Gasteiger partial charge on any atom is -0.476 e. The quantitative estimate of drug-likeness (QED) is 0.550. The fourth-order valence-corrected chi connectivity index (χ4v) is 2.90. The Morgan fingerprint density at radius 3 is 2.62 bits per heavy atom. The number of nitrogens with zero attached hydrogens (tertiary/aromatic N) is 2. The topological polar surface area (TPSA) is 50.8 Å². The van der Waals surface area contributed by atoms with Gasteiger partial charge in [-0.1, -0.05) is 54.6 Å². The Balaban J connectivity index is 1.44. The minimum absolute atomic E-state index is 0.548. The molecule has 0 atom stereocenters. The standard InChI is InChI=1S/C22H19N3O/c1-2-6-17(7-3-1)10-11-21-22(24-14-13-23-21)26-15-12-18-16-25-20-9-5-4-8-19(18)20/h1-11,13-14,16,25H,12,15H2/b11-10+. The number of ether oxygens (including phenoxy) is 1. The van der Waals surface area contributed by atoms with Crippen molar-refractivity contribution < 1.29 is 4.74 Å². The van der Waals surface area contributed by atoms with E-state index in [4.69, 9.17) is 4.74 Å². The van der Waals surface area contributed by atoms with Gasteiger partial charge >= 0.3 is 0 Å². The van der Waals surface area contributed by atoms with Crippen LogP contribution < -0.4 is 4.74 Å². The molecule has 26 heavy (non-hydrogen) atoms. The third kappa shape index (κ3) is 3.64. The van der Waals surface area contributed by atoms with Gasteiger partial charge in [0.25, 0.3) is 0 Å². The van der Waals surface area contributed by atoms with Crippen LogP contribution in [0.1, 0.15) is 16.8 Å². The van der Waals surface area contributed by atoms with E-state index in [1.165, 1.54) is 10.9 Å². The molecule has 0 aliphatic carbocycles. The Kier molecular flexibility index (Phi) is 4.74. The van der Waals surface area contributed by atoms with Crippen LogP contribution in [0.2, 0.25) is 0 Å². The van der Waals surface area contributed by atoms with Crippen molar-refractivity contribution in [3.63, 3.8) is 0 Å². The largest absolute Gasteiger partial charge is 0.476 e. The lowest BCUT2D eigenvalue weighted by Gasteiger charge is -2.07. The number of H-pyrrole nitrogens is 1. The van der Waals surface area contributed by atoms with E-state index in [2.05, 4.69) is 33.2 Å². The summed E-state index contributed by atoms with van der Waals surface area (Å²) >= 11 is 0. The van der Waals surface area contributed by atoms with E-state index in [0.717, 1.165) is 23.2 Å². The van der Waals surface area contributed by atoms with Crippen LogP contribution in [0.25, 0.3) is 23.1 Å². The molecule has 0 radical (unpaired) electrons. The Bertz CT molecular complexity index is 1020. The maximum Gasteiger partial charge on any atom is 0.239 e. The number of benzene rings is 2. The van der Waals surface area contributed by atoms with Crippen LogP contribution in [-0.4, -0.2) is 21.6 Å². The summed E-state index contributed by atoms with van der Waals surface area (Å²) < 4.78 is 5.91. The van der Waals surface area contributed by atoms with Crippen LogP contribution in [0.4, 0.5) is 0 Å². The molecule has 4 aromatic rings. The van der Waals surface area contributed by atoms with Crippen molar-refractivity contribution in [3.05, 3.63) is 90.0 Å². The van der Waals surface area contributed by atoms with E-state index in [0.29, 0.717) is 12.5 Å². The zero-order valence-corrected chi connectivity index (χ0v) is 14.3. The molecule has 4 rings (SSSR count). The molecule has 0 amide bonds. The summed E-state index contributed by atoms with van der Waals surface area (Å²) in [5.74, 6) is 0.555. The van der Waals surface area contributed by atoms with Crippen molar-refractivity contribution in [1.29, 1.82) is 0 Å². The predicted octanol–water partition coefficient (Wildman–Crippen LogP) is 4.75. The molecular weight excluding hydrogens is 322 g/mol. The van der Waals surface area contributed by atoms with E-state index >= 15 is 0 Å². The van der Waals surface area contributed by atoms with Crippen molar-refractivity contribution in [1.82, 2.24) is 15.0 Å². The number of para-hydroxylation sites is 1. The summed E-state index contributed by atoms with van der Waals surface area (Å²) in [5, 5.41) is 1.24. The lowest BCUT2D eigenvalue weighted by Crippen LogP contribution is -2.04. The van der Waals surface area contributed by atoms with Crippen molar-refractivity contribution >= 4 is 23.1 Å². The zero-order chi connectivity index (χ0) is 17.6. The molecule has 2 heterocycles. The lowest BCUT2D eigenvalue weighted by atomic mass is 10.1. The monoisotopic (exact) mass is 341 g/mol. The van der Waals surface area contributed by atoms with Gasteiger partial charge in [-0.2, -0.15) is 0 Å². The van der Waals surface area contributed by atoms with E-state index in [9.17, 15) is 0 Å². The first-order chi connectivity index (χ1) is 12.9. The smallest absolute Gasteiger partial charge is 0.239 e. The first-order valence-corrected chi connectivity index (χ1v) is 8.62. The van der Waals surface area contributed by atoms with Crippen LogP contribution >= 0.6 is 0 Å². The number of nitrogens with one attached hydrogen (secondary N) is 1. The molecule has 0 saturated carbocycles. The van der Waals surface area contributed by atoms with Gasteiger partial charge in [-0.05, 0) is 23.3 Å². The Morgan fingerprint density at radius 1 is 0.885 bits per heavy atom. The van der Waals surface area contributed by atoms with Gasteiger partial charge in [0.05, 0.1) is 6.61 Å². The van der Waals surface area contributed by atoms with Crippen LogP contribution in [0.3, 0.4) is 0 Å². The number of aromatic nitrogens is 3. The Labute approximate surface area is 152 Å². The minimum atomic E-state index is 0.548. The van der Waals surface area contributed by atoms with E-state index < -0.39 is 0 Å². The van der Waals surface area contributed by atoms with Crippen molar-refractivity contribution in [3.8, 4) is 5.88 Å². The predicted molar refractivity (Wildman–Crippen MR) is 105 cm³/mol. The van der Waals surface area contributed by atoms with Gasteiger partial charge < -0.3 is 9.72 Å². The first-order valence-electron chi connectivity index (χ1n) is 8.62. The van der Waals surface area contributed by atoms with Gasteiger partial charge in [-0.15, -0.1) is 0 Å². The van der Waals surface area contributed by atoms with Crippen molar-refractivity contribution in [2.75, 3.05) is 6.61 Å². The van der Waals surface area contributed by atoms with Crippen LogP contribution in [0, 0.1) is 0 Å². The fourth-order valence-electron chi connectivity index (χ4n) is 2.90. The van der Waals surface area contributed by atoms with Gasteiger partial charge in [0.15, 0.2) is 0 Å². The van der Waals surface area contributed by atoms with Crippen molar-refractivity contribution in [2.24, 2.45) is 0 Å². The van der Waals surface area contributed by atoms with Gasteiger partial charge in [0.2, 0.25) is 5.88 Å². The molecule has 0 fully saturated rings. The molecule has 0 aliphatic rings.